The minimum atomic E-state index is -0.427. The van der Waals surface area contributed by atoms with Gasteiger partial charge in [0, 0.05) is 19.1 Å². The van der Waals surface area contributed by atoms with E-state index in [1.165, 1.54) is 12.1 Å². The normalized spacial score (nSPS) is 12.1. The first-order valence-corrected chi connectivity index (χ1v) is 6.51. The summed E-state index contributed by atoms with van der Waals surface area (Å²) in [6, 6.07) is 5.67. The number of methoxy groups -OCH3 is 1. The number of nitrogens with one attached hydrogen (secondary N) is 1. The predicted molar refractivity (Wildman–Crippen MR) is 73.9 cm³/mol. The van der Waals surface area contributed by atoms with Crippen molar-refractivity contribution in [2.24, 2.45) is 0 Å². The van der Waals surface area contributed by atoms with Gasteiger partial charge in [-0.05, 0) is 25.1 Å². The maximum absolute atomic E-state index is 12.0. The van der Waals surface area contributed by atoms with Crippen molar-refractivity contribution in [1.82, 2.24) is 15.5 Å². The van der Waals surface area contributed by atoms with Crippen molar-refractivity contribution in [2.75, 3.05) is 13.7 Å². The van der Waals surface area contributed by atoms with Crippen LogP contribution in [0.5, 0.6) is 5.75 Å². The molecule has 2 rings (SSSR count). The van der Waals surface area contributed by atoms with Gasteiger partial charge in [0.25, 0.3) is 5.91 Å². The Morgan fingerprint density at radius 2 is 2.33 bits per heavy atom. The molecule has 0 fully saturated rings. The number of phenols is 1. The number of nitrogens with zero attached hydrogens (tertiary/aromatic N) is 2. The largest absolute Gasteiger partial charge is 0.508 e. The number of amides is 1. The fourth-order valence-electron chi connectivity index (χ4n) is 1.73. The van der Waals surface area contributed by atoms with Gasteiger partial charge in [0.2, 0.25) is 5.89 Å². The SMILES string of the molecule is COCCc1noc([C@@H](C)NC(=O)c2cccc(O)c2)n1. The highest BCUT2D eigenvalue weighted by Gasteiger charge is 2.17. The van der Waals surface area contributed by atoms with Crippen LogP contribution < -0.4 is 5.32 Å². The molecule has 21 heavy (non-hydrogen) atoms. The first-order valence-electron chi connectivity index (χ1n) is 6.51. The second-order valence-corrected chi connectivity index (χ2v) is 4.54. The van der Waals surface area contributed by atoms with Crippen LogP contribution in [0.25, 0.3) is 0 Å². The first-order chi connectivity index (χ1) is 10.1. The van der Waals surface area contributed by atoms with Crippen molar-refractivity contribution in [3.63, 3.8) is 0 Å². The molecule has 0 radical (unpaired) electrons. The Kier molecular flexibility index (Phi) is 4.89. The maximum Gasteiger partial charge on any atom is 0.252 e. The van der Waals surface area contributed by atoms with E-state index in [1.807, 2.05) is 0 Å². The molecule has 1 aromatic heterocycles. The maximum atomic E-state index is 12.0. The van der Waals surface area contributed by atoms with E-state index in [-0.39, 0.29) is 11.7 Å². The van der Waals surface area contributed by atoms with Crippen LogP contribution in [-0.2, 0) is 11.2 Å². The van der Waals surface area contributed by atoms with Crippen LogP contribution in [-0.4, -0.2) is 34.9 Å². The van der Waals surface area contributed by atoms with Gasteiger partial charge in [0.05, 0.1) is 6.61 Å². The average Bonchev–Trinajstić information content (AvgIpc) is 2.94. The molecule has 0 bridgehead atoms. The summed E-state index contributed by atoms with van der Waals surface area (Å²) in [4.78, 5) is 16.2. The van der Waals surface area contributed by atoms with Crippen LogP contribution in [0.2, 0.25) is 0 Å². The zero-order valence-corrected chi connectivity index (χ0v) is 11.9. The molecule has 0 aliphatic carbocycles. The molecule has 1 atom stereocenters. The van der Waals surface area contributed by atoms with Crippen LogP contribution in [0.15, 0.2) is 28.8 Å². The van der Waals surface area contributed by atoms with E-state index in [4.69, 9.17) is 9.26 Å². The van der Waals surface area contributed by atoms with Crippen molar-refractivity contribution in [3.8, 4) is 5.75 Å². The predicted octanol–water partition coefficient (Wildman–Crippen LogP) is 1.46. The number of hydrogen-bond acceptors (Lipinski definition) is 6. The second kappa shape index (κ2) is 6.85. The topological polar surface area (TPSA) is 97.5 Å². The van der Waals surface area contributed by atoms with Gasteiger partial charge in [0.1, 0.15) is 11.8 Å². The second-order valence-electron chi connectivity index (χ2n) is 4.54. The third-order valence-corrected chi connectivity index (χ3v) is 2.84. The lowest BCUT2D eigenvalue weighted by atomic mass is 10.2. The number of rotatable bonds is 6. The summed E-state index contributed by atoms with van der Waals surface area (Å²) in [5.74, 6) is 0.574. The number of hydrogen-bond donors (Lipinski definition) is 2. The molecule has 0 saturated heterocycles. The first kappa shape index (κ1) is 15.0. The number of aromatic nitrogens is 2. The number of aromatic hydroxyl groups is 1. The van der Waals surface area contributed by atoms with Gasteiger partial charge in [-0.3, -0.25) is 4.79 Å². The van der Waals surface area contributed by atoms with Gasteiger partial charge >= 0.3 is 0 Å². The van der Waals surface area contributed by atoms with Crippen LogP contribution in [0.3, 0.4) is 0 Å². The summed E-state index contributed by atoms with van der Waals surface area (Å²) < 4.78 is 10.0. The highest BCUT2D eigenvalue weighted by molar-refractivity contribution is 5.94. The van der Waals surface area contributed by atoms with Gasteiger partial charge in [-0.2, -0.15) is 4.98 Å². The Labute approximate surface area is 121 Å². The number of ether oxygens (including phenoxy) is 1. The monoisotopic (exact) mass is 291 g/mol. The zero-order chi connectivity index (χ0) is 15.2. The van der Waals surface area contributed by atoms with E-state index < -0.39 is 6.04 Å². The standard InChI is InChI=1S/C14H17N3O4/c1-9(14-16-12(17-21-14)6-7-20-2)15-13(19)10-4-3-5-11(18)8-10/h3-5,8-9,18H,6-7H2,1-2H3,(H,15,19)/t9-/m1/s1. The molecule has 2 aromatic rings. The molecule has 1 amide bonds. The number of benzene rings is 1. The Bertz CT molecular complexity index is 612. The average molecular weight is 291 g/mol. The molecule has 0 saturated carbocycles. The van der Waals surface area contributed by atoms with Crippen molar-refractivity contribution < 1.29 is 19.2 Å². The van der Waals surface area contributed by atoms with Crippen molar-refractivity contribution in [1.29, 1.82) is 0 Å². The van der Waals surface area contributed by atoms with Gasteiger partial charge in [-0.25, -0.2) is 0 Å². The van der Waals surface area contributed by atoms with Crippen LogP contribution in [0.4, 0.5) is 0 Å². The Hall–Kier alpha value is -2.41. The third kappa shape index (κ3) is 4.03. The highest BCUT2D eigenvalue weighted by atomic mass is 16.5. The molecule has 0 unspecified atom stereocenters. The van der Waals surface area contributed by atoms with Crippen molar-refractivity contribution in [2.45, 2.75) is 19.4 Å². The van der Waals surface area contributed by atoms with Crippen molar-refractivity contribution in [3.05, 3.63) is 41.5 Å². The lowest BCUT2D eigenvalue weighted by molar-refractivity contribution is 0.0932. The minimum absolute atomic E-state index is 0.0370. The highest BCUT2D eigenvalue weighted by Crippen LogP contribution is 2.14. The molecular formula is C14H17N3O4. The summed E-state index contributed by atoms with van der Waals surface area (Å²) in [6.07, 6.45) is 0.549. The number of carbonyl (C=O) groups excluding carboxylic acids is 1. The Balaban J connectivity index is 1.99. The summed E-state index contributed by atoms with van der Waals surface area (Å²) in [6.45, 7) is 2.25. The van der Waals surface area contributed by atoms with Crippen LogP contribution in [0.1, 0.15) is 35.0 Å². The van der Waals surface area contributed by atoms with Crippen LogP contribution >= 0.6 is 0 Å². The summed E-state index contributed by atoms with van der Waals surface area (Å²) >= 11 is 0. The summed E-state index contributed by atoms with van der Waals surface area (Å²) in [5.41, 5.74) is 0.362. The van der Waals surface area contributed by atoms with E-state index in [2.05, 4.69) is 15.5 Å². The van der Waals surface area contributed by atoms with Gasteiger partial charge < -0.3 is 19.7 Å². The van der Waals surface area contributed by atoms with Crippen molar-refractivity contribution >= 4 is 5.91 Å². The van der Waals surface area contributed by atoms with E-state index in [0.29, 0.717) is 30.3 Å². The van der Waals surface area contributed by atoms with Gasteiger partial charge in [-0.1, -0.05) is 11.2 Å². The fraction of sp³-hybridized carbons (Fsp3) is 0.357. The molecule has 1 heterocycles. The number of phenolic OH excluding ortho intramolecular Hbond substituents is 1. The van der Waals surface area contributed by atoms with E-state index in [1.54, 1.807) is 26.2 Å². The van der Waals surface area contributed by atoms with E-state index >= 15 is 0 Å². The van der Waals surface area contributed by atoms with E-state index in [9.17, 15) is 9.90 Å². The molecule has 112 valence electrons. The zero-order valence-electron chi connectivity index (χ0n) is 11.9. The Morgan fingerprint density at radius 1 is 1.52 bits per heavy atom. The quantitative estimate of drug-likeness (QED) is 0.836. The minimum Gasteiger partial charge on any atom is -0.508 e. The molecule has 1 aromatic carbocycles. The number of carbonyl (C=O) groups is 1. The molecule has 0 spiro atoms. The summed E-state index contributed by atoms with van der Waals surface area (Å²) in [5, 5.41) is 15.9. The molecule has 0 aliphatic heterocycles. The Morgan fingerprint density at radius 3 is 3.05 bits per heavy atom. The van der Waals surface area contributed by atoms with Gasteiger partial charge in [-0.15, -0.1) is 0 Å². The van der Waals surface area contributed by atoms with E-state index in [0.717, 1.165) is 0 Å². The molecule has 2 N–H and O–H groups in total. The third-order valence-electron chi connectivity index (χ3n) is 2.84. The molecule has 7 heteroatoms. The molecular weight excluding hydrogens is 274 g/mol. The fourth-order valence-corrected chi connectivity index (χ4v) is 1.73. The lowest BCUT2D eigenvalue weighted by Crippen LogP contribution is -2.26. The summed E-state index contributed by atoms with van der Waals surface area (Å²) in [7, 11) is 1.60. The van der Waals surface area contributed by atoms with Crippen LogP contribution in [0, 0.1) is 0 Å². The van der Waals surface area contributed by atoms with Gasteiger partial charge in [0.15, 0.2) is 5.82 Å². The molecule has 7 nitrogen and oxygen atoms in total. The molecule has 0 aliphatic rings. The smallest absolute Gasteiger partial charge is 0.252 e. The lowest BCUT2D eigenvalue weighted by Gasteiger charge is -2.09.